The summed E-state index contributed by atoms with van der Waals surface area (Å²) < 4.78 is 1.83. The van der Waals surface area contributed by atoms with E-state index in [0.29, 0.717) is 11.3 Å². The molecular formula is C17H21ClN2O. The van der Waals surface area contributed by atoms with Gasteiger partial charge in [-0.3, -0.25) is 9.36 Å². The molecule has 1 saturated carbocycles. The average molecular weight is 305 g/mol. The zero-order chi connectivity index (χ0) is 14.8. The Balaban J connectivity index is 2.13. The molecule has 21 heavy (non-hydrogen) atoms. The summed E-state index contributed by atoms with van der Waals surface area (Å²) in [5.74, 6) is 1.32. The summed E-state index contributed by atoms with van der Waals surface area (Å²) >= 11 is 6.43. The Bertz CT molecular complexity index is 689. The van der Waals surface area contributed by atoms with Gasteiger partial charge in [0.1, 0.15) is 5.82 Å². The summed E-state index contributed by atoms with van der Waals surface area (Å²) in [5, 5.41) is 0.489. The van der Waals surface area contributed by atoms with Crippen molar-refractivity contribution in [2.45, 2.75) is 50.9 Å². The number of hydrogen-bond acceptors (Lipinski definition) is 2. The number of fused-ring (bicyclic) bond motifs is 1. The SMILES string of the molecule is CCC(Cl)c1nc2ccccc2c(=O)n1CC1CCCC1. The van der Waals surface area contributed by atoms with Crippen molar-refractivity contribution in [3.8, 4) is 0 Å². The lowest BCUT2D eigenvalue weighted by atomic mass is 10.1. The van der Waals surface area contributed by atoms with E-state index in [2.05, 4.69) is 4.98 Å². The normalized spacial score (nSPS) is 17.4. The van der Waals surface area contributed by atoms with Crippen molar-refractivity contribution < 1.29 is 0 Å². The zero-order valence-electron chi connectivity index (χ0n) is 12.4. The summed E-state index contributed by atoms with van der Waals surface area (Å²) in [6.45, 7) is 2.79. The molecule has 1 aromatic carbocycles. The fraction of sp³-hybridized carbons (Fsp3) is 0.529. The van der Waals surface area contributed by atoms with Crippen molar-refractivity contribution in [3.63, 3.8) is 0 Å². The Morgan fingerprint density at radius 3 is 2.76 bits per heavy atom. The van der Waals surface area contributed by atoms with Crippen LogP contribution in [0.4, 0.5) is 0 Å². The molecule has 3 rings (SSSR count). The van der Waals surface area contributed by atoms with Crippen LogP contribution in [0.3, 0.4) is 0 Å². The fourth-order valence-corrected chi connectivity index (χ4v) is 3.40. The maximum absolute atomic E-state index is 12.8. The predicted molar refractivity (Wildman–Crippen MR) is 86.8 cm³/mol. The van der Waals surface area contributed by atoms with Crippen molar-refractivity contribution in [2.75, 3.05) is 0 Å². The van der Waals surface area contributed by atoms with E-state index >= 15 is 0 Å². The lowest BCUT2D eigenvalue weighted by Crippen LogP contribution is -2.28. The summed E-state index contributed by atoms with van der Waals surface area (Å²) in [6, 6.07) is 7.55. The molecule has 1 atom stereocenters. The molecule has 0 aliphatic heterocycles. The molecule has 0 amide bonds. The Morgan fingerprint density at radius 2 is 2.05 bits per heavy atom. The van der Waals surface area contributed by atoms with Crippen LogP contribution in [0, 0.1) is 5.92 Å². The van der Waals surface area contributed by atoms with Crippen molar-refractivity contribution in [3.05, 3.63) is 40.4 Å². The van der Waals surface area contributed by atoms with Gasteiger partial charge in [0, 0.05) is 6.54 Å². The Morgan fingerprint density at radius 1 is 1.33 bits per heavy atom. The first-order valence-electron chi connectivity index (χ1n) is 7.84. The maximum Gasteiger partial charge on any atom is 0.261 e. The van der Waals surface area contributed by atoms with Crippen LogP contribution in [0.25, 0.3) is 10.9 Å². The molecule has 4 heteroatoms. The third kappa shape index (κ3) is 2.84. The van der Waals surface area contributed by atoms with Crippen LogP contribution < -0.4 is 5.56 Å². The van der Waals surface area contributed by atoms with Crippen LogP contribution in [0.5, 0.6) is 0 Å². The zero-order valence-corrected chi connectivity index (χ0v) is 13.1. The molecular weight excluding hydrogens is 284 g/mol. The standard InChI is InChI=1S/C17H21ClN2O/c1-2-14(18)16-19-15-10-6-5-9-13(15)17(21)20(16)11-12-7-3-4-8-12/h5-6,9-10,12,14H,2-4,7-8,11H2,1H3. The predicted octanol–water partition coefficient (Wildman–Crippen LogP) is 4.28. The van der Waals surface area contributed by atoms with E-state index in [-0.39, 0.29) is 10.9 Å². The number of benzene rings is 1. The highest BCUT2D eigenvalue weighted by molar-refractivity contribution is 6.20. The Hall–Kier alpha value is -1.35. The molecule has 0 spiro atoms. The van der Waals surface area contributed by atoms with Crippen LogP contribution >= 0.6 is 11.6 Å². The van der Waals surface area contributed by atoms with Gasteiger partial charge < -0.3 is 0 Å². The molecule has 1 unspecified atom stereocenters. The molecule has 0 bridgehead atoms. The van der Waals surface area contributed by atoms with Crippen molar-refractivity contribution in [1.29, 1.82) is 0 Å². The topological polar surface area (TPSA) is 34.9 Å². The molecule has 1 aliphatic carbocycles. The van der Waals surface area contributed by atoms with E-state index in [1.165, 1.54) is 25.7 Å². The number of aromatic nitrogens is 2. The highest BCUT2D eigenvalue weighted by Crippen LogP contribution is 2.28. The van der Waals surface area contributed by atoms with Gasteiger partial charge in [-0.25, -0.2) is 4.98 Å². The minimum Gasteiger partial charge on any atom is -0.295 e. The van der Waals surface area contributed by atoms with Gasteiger partial charge in [0.2, 0.25) is 0 Å². The monoisotopic (exact) mass is 304 g/mol. The van der Waals surface area contributed by atoms with Crippen molar-refractivity contribution in [1.82, 2.24) is 9.55 Å². The first-order chi connectivity index (χ1) is 10.2. The maximum atomic E-state index is 12.8. The third-order valence-corrected chi connectivity index (χ3v) is 4.95. The van der Waals surface area contributed by atoms with Crippen LogP contribution in [0.1, 0.15) is 50.2 Å². The van der Waals surface area contributed by atoms with Crippen LogP contribution in [-0.4, -0.2) is 9.55 Å². The van der Waals surface area contributed by atoms with Gasteiger partial charge >= 0.3 is 0 Å². The molecule has 1 aromatic heterocycles. The molecule has 0 N–H and O–H groups in total. The van der Waals surface area contributed by atoms with Crippen LogP contribution in [-0.2, 0) is 6.54 Å². The smallest absolute Gasteiger partial charge is 0.261 e. The molecule has 1 heterocycles. The molecule has 0 radical (unpaired) electrons. The number of halogens is 1. The first kappa shape index (κ1) is 14.6. The van der Waals surface area contributed by atoms with Gasteiger partial charge in [0.05, 0.1) is 16.3 Å². The second-order valence-electron chi connectivity index (χ2n) is 5.93. The quantitative estimate of drug-likeness (QED) is 0.790. The highest BCUT2D eigenvalue weighted by atomic mass is 35.5. The second-order valence-corrected chi connectivity index (χ2v) is 6.46. The molecule has 1 fully saturated rings. The van der Waals surface area contributed by atoms with Crippen LogP contribution in [0.15, 0.2) is 29.1 Å². The van der Waals surface area contributed by atoms with Gasteiger partial charge in [0.25, 0.3) is 5.56 Å². The van der Waals surface area contributed by atoms with E-state index in [4.69, 9.17) is 11.6 Å². The first-order valence-corrected chi connectivity index (χ1v) is 8.28. The average Bonchev–Trinajstić information content (AvgIpc) is 3.02. The summed E-state index contributed by atoms with van der Waals surface area (Å²) in [4.78, 5) is 17.5. The number of hydrogen-bond donors (Lipinski definition) is 0. The molecule has 2 aromatic rings. The largest absolute Gasteiger partial charge is 0.295 e. The summed E-state index contributed by atoms with van der Waals surface area (Å²) in [5.41, 5.74) is 0.806. The van der Waals surface area contributed by atoms with E-state index < -0.39 is 0 Å². The molecule has 1 aliphatic rings. The Kier molecular flexibility index (Phi) is 4.29. The van der Waals surface area contributed by atoms with E-state index in [0.717, 1.165) is 24.3 Å². The fourth-order valence-electron chi connectivity index (χ4n) is 3.23. The third-order valence-electron chi connectivity index (χ3n) is 4.45. The van der Waals surface area contributed by atoms with Gasteiger partial charge in [-0.05, 0) is 37.3 Å². The highest BCUT2D eigenvalue weighted by Gasteiger charge is 2.21. The number of rotatable bonds is 4. The molecule has 112 valence electrons. The van der Waals surface area contributed by atoms with Gasteiger partial charge in [-0.2, -0.15) is 0 Å². The molecule has 0 saturated heterocycles. The second kappa shape index (κ2) is 6.18. The van der Waals surface area contributed by atoms with Gasteiger partial charge in [-0.1, -0.05) is 31.9 Å². The lowest BCUT2D eigenvalue weighted by molar-refractivity contribution is 0.433. The van der Waals surface area contributed by atoms with E-state index in [1.807, 2.05) is 35.8 Å². The van der Waals surface area contributed by atoms with Gasteiger partial charge in [-0.15, -0.1) is 11.6 Å². The van der Waals surface area contributed by atoms with Gasteiger partial charge in [0.15, 0.2) is 0 Å². The van der Waals surface area contributed by atoms with Crippen LogP contribution in [0.2, 0.25) is 0 Å². The minimum absolute atomic E-state index is 0.0570. The number of para-hydroxylation sites is 1. The Labute approximate surface area is 130 Å². The molecule has 3 nitrogen and oxygen atoms in total. The minimum atomic E-state index is -0.205. The van der Waals surface area contributed by atoms with E-state index in [9.17, 15) is 4.79 Å². The van der Waals surface area contributed by atoms with Crippen molar-refractivity contribution in [2.24, 2.45) is 5.92 Å². The number of nitrogens with zero attached hydrogens (tertiary/aromatic N) is 2. The summed E-state index contributed by atoms with van der Waals surface area (Å²) in [7, 11) is 0. The number of alkyl halides is 1. The summed E-state index contributed by atoms with van der Waals surface area (Å²) in [6.07, 6.45) is 5.73. The van der Waals surface area contributed by atoms with Crippen molar-refractivity contribution >= 4 is 22.5 Å². The van der Waals surface area contributed by atoms with E-state index in [1.54, 1.807) is 0 Å². The lowest BCUT2D eigenvalue weighted by Gasteiger charge is -2.19.